The SMILES string of the molecule is CS(=O)(=O)c1ccc(Cc2nnc(NC(=O)Cc3ccc4c(c3)OCO4)o2)cc1. The van der Waals surface area contributed by atoms with Crippen LogP contribution in [0.25, 0.3) is 0 Å². The number of hydrogen-bond donors (Lipinski definition) is 1. The standard InChI is InChI=1S/C19H17N3O6S/c1-29(24,25)14-5-2-12(3-6-14)10-18-21-22-19(28-18)20-17(23)9-13-4-7-15-16(8-13)27-11-26-15/h2-8H,9-11H2,1H3,(H,20,22,23). The Kier molecular flexibility index (Phi) is 4.93. The molecule has 10 heteroatoms. The van der Waals surface area contributed by atoms with Crippen molar-refractivity contribution in [3.8, 4) is 11.5 Å². The van der Waals surface area contributed by atoms with Crippen LogP contribution in [0.4, 0.5) is 6.01 Å². The Hall–Kier alpha value is -3.40. The molecule has 1 aliphatic rings. The van der Waals surface area contributed by atoms with Gasteiger partial charge >= 0.3 is 6.01 Å². The molecule has 1 N–H and O–H groups in total. The van der Waals surface area contributed by atoms with Gasteiger partial charge in [0.25, 0.3) is 0 Å². The fraction of sp³-hybridized carbons (Fsp3) is 0.211. The van der Waals surface area contributed by atoms with E-state index >= 15 is 0 Å². The van der Waals surface area contributed by atoms with Crippen molar-refractivity contribution in [2.75, 3.05) is 18.4 Å². The number of rotatable bonds is 6. The van der Waals surface area contributed by atoms with Crippen LogP contribution in [0.2, 0.25) is 0 Å². The van der Waals surface area contributed by atoms with Crippen molar-refractivity contribution >= 4 is 21.8 Å². The van der Waals surface area contributed by atoms with Crippen LogP contribution in [-0.2, 0) is 27.5 Å². The minimum atomic E-state index is -3.24. The molecule has 0 saturated carbocycles. The summed E-state index contributed by atoms with van der Waals surface area (Å²) < 4.78 is 39.0. The Bertz CT molecular complexity index is 1150. The second kappa shape index (κ2) is 7.55. The third-order valence-electron chi connectivity index (χ3n) is 4.22. The van der Waals surface area contributed by atoms with E-state index in [0.29, 0.717) is 23.8 Å². The number of fused-ring (bicyclic) bond motifs is 1. The molecule has 3 aromatic rings. The Morgan fingerprint density at radius 1 is 1.03 bits per heavy atom. The number of ether oxygens (including phenoxy) is 2. The van der Waals surface area contributed by atoms with E-state index in [-0.39, 0.29) is 30.0 Å². The summed E-state index contributed by atoms with van der Waals surface area (Å²) in [5.74, 6) is 1.25. The molecule has 0 atom stereocenters. The smallest absolute Gasteiger partial charge is 0.322 e. The quantitative estimate of drug-likeness (QED) is 0.649. The van der Waals surface area contributed by atoms with Gasteiger partial charge in [0.2, 0.25) is 18.6 Å². The molecule has 1 amide bonds. The Morgan fingerprint density at radius 3 is 2.52 bits per heavy atom. The van der Waals surface area contributed by atoms with Crippen molar-refractivity contribution in [1.29, 1.82) is 0 Å². The van der Waals surface area contributed by atoms with E-state index in [4.69, 9.17) is 13.9 Å². The second-order valence-corrected chi connectivity index (χ2v) is 8.52. The van der Waals surface area contributed by atoms with Crippen LogP contribution >= 0.6 is 0 Å². The van der Waals surface area contributed by atoms with Crippen molar-refractivity contribution in [2.24, 2.45) is 0 Å². The molecule has 0 unspecified atom stereocenters. The summed E-state index contributed by atoms with van der Waals surface area (Å²) >= 11 is 0. The Morgan fingerprint density at radius 2 is 1.76 bits per heavy atom. The third-order valence-corrected chi connectivity index (χ3v) is 5.35. The molecule has 4 rings (SSSR count). The second-order valence-electron chi connectivity index (χ2n) is 6.51. The average molecular weight is 415 g/mol. The highest BCUT2D eigenvalue weighted by Crippen LogP contribution is 2.32. The maximum absolute atomic E-state index is 12.2. The number of benzene rings is 2. The van der Waals surface area contributed by atoms with Gasteiger partial charge in [0.1, 0.15) is 0 Å². The highest BCUT2D eigenvalue weighted by molar-refractivity contribution is 7.90. The number of carbonyl (C=O) groups is 1. The van der Waals surface area contributed by atoms with Gasteiger partial charge in [-0.15, -0.1) is 5.10 Å². The molecule has 0 spiro atoms. The number of nitrogens with one attached hydrogen (secondary N) is 1. The fourth-order valence-electron chi connectivity index (χ4n) is 2.80. The summed E-state index contributed by atoms with van der Waals surface area (Å²) in [5, 5.41) is 10.3. The van der Waals surface area contributed by atoms with Crippen molar-refractivity contribution in [1.82, 2.24) is 10.2 Å². The molecule has 9 nitrogen and oxygen atoms in total. The normalized spacial score (nSPS) is 12.7. The first kappa shape index (κ1) is 18.9. The van der Waals surface area contributed by atoms with Crippen LogP contribution in [0.15, 0.2) is 51.8 Å². The van der Waals surface area contributed by atoms with Crippen molar-refractivity contribution in [3.05, 3.63) is 59.5 Å². The fourth-order valence-corrected chi connectivity index (χ4v) is 3.43. The van der Waals surface area contributed by atoms with Gasteiger partial charge in [-0.2, -0.15) is 0 Å². The van der Waals surface area contributed by atoms with Crippen molar-refractivity contribution in [2.45, 2.75) is 17.7 Å². The highest BCUT2D eigenvalue weighted by Gasteiger charge is 2.16. The van der Waals surface area contributed by atoms with E-state index in [9.17, 15) is 13.2 Å². The number of anilines is 1. The first-order chi connectivity index (χ1) is 13.9. The van der Waals surface area contributed by atoms with Gasteiger partial charge in [-0.1, -0.05) is 23.3 Å². The average Bonchev–Trinajstić information content (AvgIpc) is 3.30. The number of aromatic nitrogens is 2. The van der Waals surface area contributed by atoms with E-state index in [1.54, 1.807) is 30.3 Å². The van der Waals surface area contributed by atoms with Gasteiger partial charge < -0.3 is 13.9 Å². The summed E-state index contributed by atoms with van der Waals surface area (Å²) in [6.45, 7) is 0.173. The topological polar surface area (TPSA) is 121 Å². The zero-order valence-electron chi connectivity index (χ0n) is 15.4. The number of sulfone groups is 1. The molecule has 0 bridgehead atoms. The molecule has 29 heavy (non-hydrogen) atoms. The van der Waals surface area contributed by atoms with Crippen LogP contribution < -0.4 is 14.8 Å². The Balaban J connectivity index is 1.36. The molecule has 1 aliphatic heterocycles. The summed E-state index contributed by atoms with van der Waals surface area (Å²) in [5.41, 5.74) is 1.57. The first-order valence-electron chi connectivity index (χ1n) is 8.66. The molecule has 0 radical (unpaired) electrons. The number of hydrogen-bond acceptors (Lipinski definition) is 8. The van der Waals surface area contributed by atoms with Gasteiger partial charge in [-0.3, -0.25) is 10.1 Å². The van der Waals surface area contributed by atoms with Crippen LogP contribution in [-0.4, -0.2) is 37.6 Å². The number of nitrogens with zero attached hydrogens (tertiary/aromatic N) is 2. The molecule has 1 aromatic heterocycles. The largest absolute Gasteiger partial charge is 0.454 e. The lowest BCUT2D eigenvalue weighted by molar-refractivity contribution is -0.115. The van der Waals surface area contributed by atoms with Gasteiger partial charge in [0.15, 0.2) is 21.3 Å². The lowest BCUT2D eigenvalue weighted by atomic mass is 10.1. The third kappa shape index (κ3) is 4.54. The van der Waals surface area contributed by atoms with E-state index in [0.717, 1.165) is 17.4 Å². The predicted octanol–water partition coefficient (Wildman–Crippen LogP) is 1.97. The van der Waals surface area contributed by atoms with Crippen LogP contribution in [0.1, 0.15) is 17.0 Å². The van der Waals surface area contributed by atoms with Gasteiger partial charge in [-0.25, -0.2) is 8.42 Å². The Labute approximate surface area is 166 Å². The molecule has 2 aromatic carbocycles. The minimum absolute atomic E-state index is 0.00139. The number of amides is 1. The van der Waals surface area contributed by atoms with Crippen molar-refractivity contribution < 1.29 is 27.1 Å². The van der Waals surface area contributed by atoms with E-state index in [1.165, 1.54) is 12.1 Å². The van der Waals surface area contributed by atoms with Gasteiger partial charge in [0.05, 0.1) is 17.7 Å². The molecule has 0 aliphatic carbocycles. The van der Waals surface area contributed by atoms with E-state index in [1.807, 2.05) is 0 Å². The van der Waals surface area contributed by atoms with Crippen molar-refractivity contribution in [3.63, 3.8) is 0 Å². The minimum Gasteiger partial charge on any atom is -0.454 e. The van der Waals surface area contributed by atoms with Gasteiger partial charge in [-0.05, 0) is 35.4 Å². The van der Waals surface area contributed by atoms with Gasteiger partial charge in [0, 0.05) is 6.26 Å². The molecular weight excluding hydrogens is 398 g/mol. The monoisotopic (exact) mass is 415 g/mol. The first-order valence-corrected chi connectivity index (χ1v) is 10.6. The highest BCUT2D eigenvalue weighted by atomic mass is 32.2. The molecule has 150 valence electrons. The summed E-state index contributed by atoms with van der Waals surface area (Å²) in [6.07, 6.45) is 1.58. The zero-order valence-corrected chi connectivity index (χ0v) is 16.2. The lowest BCUT2D eigenvalue weighted by Crippen LogP contribution is -2.14. The number of carbonyl (C=O) groups excluding carboxylic acids is 1. The molecule has 2 heterocycles. The zero-order chi connectivity index (χ0) is 20.4. The molecule has 0 saturated heterocycles. The van der Waals surface area contributed by atoms with E-state index < -0.39 is 9.84 Å². The van der Waals surface area contributed by atoms with Crippen LogP contribution in [0, 0.1) is 0 Å². The molecular formula is C19H17N3O6S. The summed E-state index contributed by atoms with van der Waals surface area (Å²) in [4.78, 5) is 12.5. The van der Waals surface area contributed by atoms with Crippen LogP contribution in [0.5, 0.6) is 11.5 Å². The predicted molar refractivity (Wildman–Crippen MR) is 102 cm³/mol. The summed E-state index contributed by atoms with van der Waals surface area (Å²) in [6, 6.07) is 11.7. The lowest BCUT2D eigenvalue weighted by Gasteiger charge is -2.03. The van der Waals surface area contributed by atoms with Crippen LogP contribution in [0.3, 0.4) is 0 Å². The summed E-state index contributed by atoms with van der Waals surface area (Å²) in [7, 11) is -3.24. The van der Waals surface area contributed by atoms with E-state index in [2.05, 4.69) is 15.5 Å². The molecule has 0 fully saturated rings. The maximum atomic E-state index is 12.2. The maximum Gasteiger partial charge on any atom is 0.322 e.